The lowest BCUT2D eigenvalue weighted by molar-refractivity contribution is 1.41. The maximum absolute atomic E-state index is 9.04. The normalized spacial score (nSPS) is 11.7. The molecule has 1 aliphatic carbocycles. The molecular formula is C15H5IN4. The molecule has 92 valence electrons. The molecule has 0 saturated heterocycles. The molecule has 0 spiro atoms. The van der Waals surface area contributed by atoms with Gasteiger partial charge in [0.05, 0.1) is 0 Å². The van der Waals surface area contributed by atoms with Crippen molar-refractivity contribution in [3.05, 3.63) is 44.0 Å². The lowest BCUT2D eigenvalue weighted by atomic mass is 10.0. The van der Waals surface area contributed by atoms with E-state index in [1.165, 1.54) is 0 Å². The molecule has 1 aromatic carbocycles. The highest BCUT2D eigenvalue weighted by Crippen LogP contribution is 2.43. The summed E-state index contributed by atoms with van der Waals surface area (Å²) in [5, 5.41) is 36.1. The number of halogens is 1. The third-order valence-corrected chi connectivity index (χ3v) is 3.71. The molecule has 0 amide bonds. The summed E-state index contributed by atoms with van der Waals surface area (Å²) in [5.41, 5.74) is 2.73. The minimum Gasteiger partial charge on any atom is -0.192 e. The van der Waals surface area contributed by atoms with Crippen LogP contribution >= 0.6 is 22.6 Å². The van der Waals surface area contributed by atoms with E-state index in [0.29, 0.717) is 11.1 Å². The highest BCUT2D eigenvalue weighted by Gasteiger charge is 2.27. The van der Waals surface area contributed by atoms with Gasteiger partial charge in [0.2, 0.25) is 0 Å². The Balaban J connectivity index is 2.86. The van der Waals surface area contributed by atoms with Crippen molar-refractivity contribution in [3.63, 3.8) is 0 Å². The minimum absolute atomic E-state index is 0.0256. The molecule has 2 rings (SSSR count). The van der Waals surface area contributed by atoms with Crippen LogP contribution in [0.15, 0.2) is 29.3 Å². The van der Waals surface area contributed by atoms with E-state index in [9.17, 15) is 0 Å². The first-order valence-electron chi connectivity index (χ1n) is 5.53. The lowest BCUT2D eigenvalue weighted by Gasteiger charge is -2.01. The van der Waals surface area contributed by atoms with Crippen molar-refractivity contribution in [2.75, 3.05) is 0 Å². The van der Waals surface area contributed by atoms with Gasteiger partial charge in [-0.3, -0.25) is 0 Å². The van der Waals surface area contributed by atoms with E-state index in [1.807, 2.05) is 42.5 Å². The Morgan fingerprint density at radius 2 is 1.35 bits per heavy atom. The van der Waals surface area contributed by atoms with Gasteiger partial charge in [0.15, 0.2) is 0 Å². The van der Waals surface area contributed by atoms with Gasteiger partial charge in [-0.15, -0.1) is 0 Å². The second-order valence-electron chi connectivity index (χ2n) is 4.02. The largest absolute Gasteiger partial charge is 0.192 e. The molecule has 20 heavy (non-hydrogen) atoms. The van der Waals surface area contributed by atoms with Crippen molar-refractivity contribution in [1.82, 2.24) is 0 Å². The molecule has 0 aromatic heterocycles. The number of allylic oxidation sites excluding steroid dienone is 4. The van der Waals surface area contributed by atoms with Crippen molar-refractivity contribution in [2.45, 2.75) is 6.42 Å². The van der Waals surface area contributed by atoms with Gasteiger partial charge in [0, 0.05) is 9.99 Å². The second-order valence-corrected chi connectivity index (χ2v) is 5.27. The molecule has 0 radical (unpaired) electrons. The average Bonchev–Trinajstić information content (AvgIpc) is 2.81. The first-order chi connectivity index (χ1) is 9.65. The summed E-state index contributed by atoms with van der Waals surface area (Å²) < 4.78 is 0.964. The standard InChI is InChI=1S/C15H5IN4/c16-11-1-2-12-13(9(5-17)6-18)4-14(15(12)3-11)10(7-19)8-20/h1-3H,4H2. The molecule has 4 nitrogen and oxygen atoms in total. The molecule has 1 aromatic rings. The molecule has 0 fully saturated rings. The van der Waals surface area contributed by atoms with Gasteiger partial charge in [-0.25, -0.2) is 0 Å². The van der Waals surface area contributed by atoms with Crippen LogP contribution in [0.25, 0.3) is 11.1 Å². The Labute approximate surface area is 129 Å². The van der Waals surface area contributed by atoms with Gasteiger partial charge in [-0.05, 0) is 57.0 Å². The van der Waals surface area contributed by atoms with Crippen LogP contribution in [0.4, 0.5) is 0 Å². The fourth-order valence-electron chi connectivity index (χ4n) is 2.16. The van der Waals surface area contributed by atoms with E-state index >= 15 is 0 Å². The predicted octanol–water partition coefficient (Wildman–Crippen LogP) is 3.30. The number of hydrogen-bond acceptors (Lipinski definition) is 4. The average molecular weight is 368 g/mol. The van der Waals surface area contributed by atoms with Crippen LogP contribution in [-0.4, -0.2) is 0 Å². The van der Waals surface area contributed by atoms with Crippen LogP contribution in [0.2, 0.25) is 0 Å². The number of rotatable bonds is 0. The third-order valence-electron chi connectivity index (χ3n) is 3.04. The van der Waals surface area contributed by atoms with E-state index in [4.69, 9.17) is 21.0 Å². The Hall–Kier alpha value is -2.61. The summed E-state index contributed by atoms with van der Waals surface area (Å²) in [6.45, 7) is 0. The van der Waals surface area contributed by atoms with E-state index in [-0.39, 0.29) is 17.6 Å². The Bertz CT molecular complexity index is 801. The number of nitrogens with zero attached hydrogens (tertiary/aromatic N) is 4. The SMILES string of the molecule is N#CC(C#N)=C1CC(=C(C#N)C#N)c2cc(I)ccc21. The van der Waals surface area contributed by atoms with Gasteiger partial charge in [-0.1, -0.05) is 6.07 Å². The number of nitriles is 4. The lowest BCUT2D eigenvalue weighted by Crippen LogP contribution is -1.86. The summed E-state index contributed by atoms with van der Waals surface area (Å²) in [4.78, 5) is 0. The fourth-order valence-corrected chi connectivity index (χ4v) is 2.65. The highest BCUT2D eigenvalue weighted by molar-refractivity contribution is 14.1. The van der Waals surface area contributed by atoms with Crippen LogP contribution < -0.4 is 0 Å². The van der Waals surface area contributed by atoms with Crippen LogP contribution in [-0.2, 0) is 0 Å². The monoisotopic (exact) mass is 368 g/mol. The topological polar surface area (TPSA) is 95.2 Å². The zero-order valence-electron chi connectivity index (χ0n) is 10.1. The minimum atomic E-state index is 0.0256. The molecule has 0 heterocycles. The maximum atomic E-state index is 9.04. The van der Waals surface area contributed by atoms with Crippen molar-refractivity contribution >= 4 is 33.7 Å². The fraction of sp³-hybridized carbons (Fsp3) is 0.0667. The zero-order valence-corrected chi connectivity index (χ0v) is 12.3. The molecule has 1 aliphatic rings. The highest BCUT2D eigenvalue weighted by atomic mass is 127. The van der Waals surface area contributed by atoms with Gasteiger partial charge >= 0.3 is 0 Å². The van der Waals surface area contributed by atoms with E-state index < -0.39 is 0 Å². The summed E-state index contributed by atoms with van der Waals surface area (Å²) in [6.07, 6.45) is 0.266. The van der Waals surface area contributed by atoms with Crippen LogP contribution in [0.3, 0.4) is 0 Å². The van der Waals surface area contributed by atoms with Crippen molar-refractivity contribution < 1.29 is 0 Å². The van der Waals surface area contributed by atoms with Crippen LogP contribution in [0.5, 0.6) is 0 Å². The van der Waals surface area contributed by atoms with Crippen LogP contribution in [0, 0.1) is 48.9 Å². The number of hydrogen-bond donors (Lipinski definition) is 0. The summed E-state index contributed by atoms with van der Waals surface area (Å²) in [5.74, 6) is 0. The van der Waals surface area contributed by atoms with Gasteiger partial charge in [-0.2, -0.15) is 21.0 Å². The maximum Gasteiger partial charge on any atom is 0.133 e. The summed E-state index contributed by atoms with van der Waals surface area (Å²) in [7, 11) is 0. The van der Waals surface area contributed by atoms with Gasteiger partial charge < -0.3 is 0 Å². The quantitative estimate of drug-likeness (QED) is 0.519. The molecular weight excluding hydrogens is 363 g/mol. The van der Waals surface area contributed by atoms with Gasteiger partial charge in [0.1, 0.15) is 35.4 Å². The first-order valence-corrected chi connectivity index (χ1v) is 6.61. The number of fused-ring (bicyclic) bond motifs is 1. The van der Waals surface area contributed by atoms with E-state index in [1.54, 1.807) is 0 Å². The molecule has 0 aliphatic heterocycles. The molecule has 5 heteroatoms. The number of benzene rings is 1. The smallest absolute Gasteiger partial charge is 0.133 e. The second kappa shape index (κ2) is 5.57. The summed E-state index contributed by atoms with van der Waals surface area (Å²) in [6, 6.07) is 13.0. The Kier molecular flexibility index (Phi) is 3.85. The molecule has 0 N–H and O–H groups in total. The Morgan fingerprint density at radius 1 is 0.850 bits per heavy atom. The van der Waals surface area contributed by atoms with E-state index in [0.717, 1.165) is 14.7 Å². The molecule has 0 unspecified atom stereocenters. The van der Waals surface area contributed by atoms with Gasteiger partial charge in [0.25, 0.3) is 0 Å². The third kappa shape index (κ3) is 2.16. The molecule has 0 atom stereocenters. The first kappa shape index (κ1) is 13.8. The van der Waals surface area contributed by atoms with Crippen molar-refractivity contribution in [1.29, 1.82) is 21.0 Å². The summed E-state index contributed by atoms with van der Waals surface area (Å²) >= 11 is 2.14. The van der Waals surface area contributed by atoms with Crippen molar-refractivity contribution in [2.24, 2.45) is 0 Å². The predicted molar refractivity (Wildman–Crippen MR) is 80.1 cm³/mol. The zero-order chi connectivity index (χ0) is 14.7. The van der Waals surface area contributed by atoms with E-state index in [2.05, 4.69) is 22.6 Å². The van der Waals surface area contributed by atoms with Crippen molar-refractivity contribution in [3.8, 4) is 24.3 Å². The Morgan fingerprint density at radius 3 is 1.85 bits per heavy atom. The van der Waals surface area contributed by atoms with Crippen LogP contribution in [0.1, 0.15) is 17.5 Å². The molecule has 0 saturated carbocycles. The molecule has 0 bridgehead atoms.